The predicted molar refractivity (Wildman–Crippen MR) is 83.2 cm³/mol. The van der Waals surface area contributed by atoms with E-state index in [-0.39, 0.29) is 12.1 Å². The summed E-state index contributed by atoms with van der Waals surface area (Å²) in [6.45, 7) is 2.71. The van der Waals surface area contributed by atoms with E-state index in [1.165, 1.54) is 5.56 Å². The number of hydrogen-bond acceptors (Lipinski definition) is 3. The SMILES string of the molecule is COCc1ccc(C2C[C@@H](N)c3cc(C)ccc3O2)cc1. The molecule has 0 bridgehead atoms. The molecule has 0 aliphatic carbocycles. The zero-order valence-corrected chi connectivity index (χ0v) is 12.5. The van der Waals surface area contributed by atoms with Crippen LogP contribution in [0, 0.1) is 6.92 Å². The van der Waals surface area contributed by atoms with E-state index in [1.54, 1.807) is 7.11 Å². The van der Waals surface area contributed by atoms with Crippen molar-refractivity contribution in [2.24, 2.45) is 5.73 Å². The van der Waals surface area contributed by atoms with Crippen LogP contribution in [-0.2, 0) is 11.3 Å². The van der Waals surface area contributed by atoms with Crippen molar-refractivity contribution in [1.29, 1.82) is 0 Å². The first-order valence-electron chi connectivity index (χ1n) is 7.28. The lowest BCUT2D eigenvalue weighted by molar-refractivity contribution is 0.161. The van der Waals surface area contributed by atoms with E-state index in [2.05, 4.69) is 43.3 Å². The molecule has 0 radical (unpaired) electrons. The Morgan fingerprint density at radius 1 is 1.19 bits per heavy atom. The molecule has 110 valence electrons. The molecule has 1 unspecified atom stereocenters. The molecule has 21 heavy (non-hydrogen) atoms. The monoisotopic (exact) mass is 283 g/mol. The molecule has 2 aromatic rings. The molecule has 1 aliphatic heterocycles. The first kappa shape index (κ1) is 14.1. The fraction of sp³-hybridized carbons (Fsp3) is 0.333. The molecule has 3 heteroatoms. The van der Waals surface area contributed by atoms with Gasteiger partial charge in [0.1, 0.15) is 11.9 Å². The maximum absolute atomic E-state index is 6.32. The summed E-state index contributed by atoms with van der Waals surface area (Å²) >= 11 is 0. The third-order valence-electron chi connectivity index (χ3n) is 3.96. The van der Waals surface area contributed by atoms with Crippen LogP contribution in [0.25, 0.3) is 0 Å². The maximum atomic E-state index is 6.32. The third-order valence-corrected chi connectivity index (χ3v) is 3.96. The summed E-state index contributed by atoms with van der Waals surface area (Å²) in [5.41, 5.74) is 11.0. The summed E-state index contributed by atoms with van der Waals surface area (Å²) in [7, 11) is 1.70. The summed E-state index contributed by atoms with van der Waals surface area (Å²) in [5, 5.41) is 0. The van der Waals surface area contributed by atoms with Crippen LogP contribution in [0.2, 0.25) is 0 Å². The van der Waals surface area contributed by atoms with Gasteiger partial charge in [0.15, 0.2) is 0 Å². The third kappa shape index (κ3) is 2.94. The van der Waals surface area contributed by atoms with Crippen LogP contribution >= 0.6 is 0 Å². The lowest BCUT2D eigenvalue weighted by Crippen LogP contribution is -2.24. The van der Waals surface area contributed by atoms with Gasteiger partial charge >= 0.3 is 0 Å². The molecule has 1 aliphatic rings. The van der Waals surface area contributed by atoms with Gasteiger partial charge in [0.05, 0.1) is 6.61 Å². The Kier molecular flexibility index (Phi) is 3.95. The van der Waals surface area contributed by atoms with Crippen LogP contribution in [0.3, 0.4) is 0 Å². The van der Waals surface area contributed by atoms with E-state index in [4.69, 9.17) is 15.2 Å². The Morgan fingerprint density at radius 3 is 2.67 bits per heavy atom. The zero-order valence-electron chi connectivity index (χ0n) is 12.5. The number of aryl methyl sites for hydroxylation is 1. The summed E-state index contributed by atoms with van der Waals surface area (Å²) in [5.74, 6) is 0.908. The fourth-order valence-electron chi connectivity index (χ4n) is 2.82. The number of nitrogens with two attached hydrogens (primary N) is 1. The standard InChI is InChI=1S/C18H21NO2/c1-12-3-8-17-15(9-12)16(19)10-18(21-17)14-6-4-13(5-7-14)11-20-2/h3-9,16,18H,10-11,19H2,1-2H3/t16-,18?/m1/s1. The van der Waals surface area contributed by atoms with Crippen molar-refractivity contribution in [2.75, 3.05) is 7.11 Å². The quantitative estimate of drug-likeness (QED) is 0.934. The lowest BCUT2D eigenvalue weighted by Gasteiger charge is -2.31. The van der Waals surface area contributed by atoms with Crippen molar-refractivity contribution in [3.63, 3.8) is 0 Å². The molecule has 0 saturated carbocycles. The minimum absolute atomic E-state index is 0.0202. The summed E-state index contributed by atoms with van der Waals surface area (Å²) in [4.78, 5) is 0. The van der Waals surface area contributed by atoms with Crippen LogP contribution in [0.5, 0.6) is 5.75 Å². The number of rotatable bonds is 3. The summed E-state index contributed by atoms with van der Waals surface area (Å²) in [6, 6.07) is 14.6. The predicted octanol–water partition coefficient (Wildman–Crippen LogP) is 3.67. The normalized spacial score (nSPS) is 20.7. The molecule has 2 aromatic carbocycles. The molecule has 0 fully saturated rings. The van der Waals surface area contributed by atoms with E-state index in [9.17, 15) is 0 Å². The number of methoxy groups -OCH3 is 1. The van der Waals surface area contributed by atoms with Crippen LogP contribution in [0.15, 0.2) is 42.5 Å². The Morgan fingerprint density at radius 2 is 1.95 bits per heavy atom. The van der Waals surface area contributed by atoms with Gasteiger partial charge in [-0.1, -0.05) is 42.0 Å². The van der Waals surface area contributed by atoms with Gasteiger partial charge in [-0.25, -0.2) is 0 Å². The molecular weight excluding hydrogens is 262 g/mol. The minimum atomic E-state index is 0.0202. The van der Waals surface area contributed by atoms with Crippen molar-refractivity contribution < 1.29 is 9.47 Å². The highest BCUT2D eigenvalue weighted by atomic mass is 16.5. The molecule has 2 N–H and O–H groups in total. The zero-order chi connectivity index (χ0) is 14.8. The second-order valence-corrected chi connectivity index (χ2v) is 5.66. The van der Waals surface area contributed by atoms with Gasteiger partial charge in [-0.3, -0.25) is 0 Å². The van der Waals surface area contributed by atoms with E-state index in [0.29, 0.717) is 6.61 Å². The van der Waals surface area contributed by atoms with E-state index in [0.717, 1.165) is 28.9 Å². The van der Waals surface area contributed by atoms with Crippen LogP contribution in [-0.4, -0.2) is 7.11 Å². The first-order chi connectivity index (χ1) is 10.2. The van der Waals surface area contributed by atoms with Gasteiger partial charge < -0.3 is 15.2 Å². The maximum Gasteiger partial charge on any atom is 0.126 e. The first-order valence-corrected chi connectivity index (χ1v) is 7.28. The van der Waals surface area contributed by atoms with Gasteiger partial charge in [-0.15, -0.1) is 0 Å². The van der Waals surface area contributed by atoms with Crippen molar-refractivity contribution in [3.05, 3.63) is 64.7 Å². The van der Waals surface area contributed by atoms with Crippen LogP contribution in [0.4, 0.5) is 0 Å². The van der Waals surface area contributed by atoms with Gasteiger partial charge in [-0.2, -0.15) is 0 Å². The lowest BCUT2D eigenvalue weighted by atomic mass is 9.92. The molecular formula is C18H21NO2. The highest BCUT2D eigenvalue weighted by molar-refractivity contribution is 5.41. The van der Waals surface area contributed by atoms with Crippen molar-refractivity contribution >= 4 is 0 Å². The molecule has 0 amide bonds. The number of hydrogen-bond donors (Lipinski definition) is 1. The number of ether oxygens (including phenoxy) is 2. The van der Waals surface area contributed by atoms with E-state index >= 15 is 0 Å². The Hall–Kier alpha value is -1.84. The highest BCUT2D eigenvalue weighted by Gasteiger charge is 2.26. The molecule has 0 spiro atoms. The summed E-state index contributed by atoms with van der Waals surface area (Å²) < 4.78 is 11.3. The Balaban J connectivity index is 1.83. The van der Waals surface area contributed by atoms with Gasteiger partial charge in [0.2, 0.25) is 0 Å². The van der Waals surface area contributed by atoms with Crippen LogP contribution in [0.1, 0.15) is 40.8 Å². The van der Waals surface area contributed by atoms with E-state index < -0.39 is 0 Å². The molecule has 3 rings (SSSR count). The largest absolute Gasteiger partial charge is 0.485 e. The second-order valence-electron chi connectivity index (χ2n) is 5.66. The topological polar surface area (TPSA) is 44.5 Å². The van der Waals surface area contributed by atoms with E-state index in [1.807, 2.05) is 6.07 Å². The average Bonchev–Trinajstić information content (AvgIpc) is 2.49. The van der Waals surface area contributed by atoms with Gasteiger partial charge in [0.25, 0.3) is 0 Å². The van der Waals surface area contributed by atoms with Crippen molar-refractivity contribution in [2.45, 2.75) is 32.1 Å². The Bertz CT molecular complexity index is 622. The molecule has 3 nitrogen and oxygen atoms in total. The highest BCUT2D eigenvalue weighted by Crippen LogP contribution is 2.39. The molecule has 2 atom stereocenters. The van der Waals surface area contributed by atoms with Crippen LogP contribution < -0.4 is 10.5 Å². The molecule has 0 saturated heterocycles. The van der Waals surface area contributed by atoms with Crippen molar-refractivity contribution in [3.8, 4) is 5.75 Å². The average molecular weight is 283 g/mol. The Labute approximate surface area is 125 Å². The molecule has 1 heterocycles. The fourth-order valence-corrected chi connectivity index (χ4v) is 2.82. The van der Waals surface area contributed by atoms with Crippen molar-refractivity contribution in [1.82, 2.24) is 0 Å². The van der Waals surface area contributed by atoms with Gasteiger partial charge in [0, 0.05) is 25.1 Å². The number of benzene rings is 2. The smallest absolute Gasteiger partial charge is 0.126 e. The van der Waals surface area contributed by atoms with Gasteiger partial charge in [-0.05, 0) is 24.1 Å². The minimum Gasteiger partial charge on any atom is -0.485 e. The number of fused-ring (bicyclic) bond motifs is 1. The summed E-state index contributed by atoms with van der Waals surface area (Å²) in [6.07, 6.45) is 0.826. The molecule has 0 aromatic heterocycles. The second kappa shape index (κ2) is 5.88.